The second-order valence-corrected chi connectivity index (χ2v) is 9.11. The number of aromatic nitrogens is 6. The highest BCUT2D eigenvalue weighted by atomic mass is 32.1. The number of hydrogen-bond acceptors (Lipinski definition) is 8. The van der Waals surface area contributed by atoms with E-state index in [2.05, 4.69) is 24.2 Å². The average molecular weight is 427 g/mol. The number of aliphatic hydroxyl groups is 2. The third-order valence-electron chi connectivity index (χ3n) is 4.85. The maximum absolute atomic E-state index is 11.1. The summed E-state index contributed by atoms with van der Waals surface area (Å²) in [6, 6.07) is 7.71. The minimum atomic E-state index is -0.931. The van der Waals surface area contributed by atoms with Crippen LogP contribution in [0.3, 0.4) is 0 Å². The number of ether oxygens (including phenoxy) is 1. The van der Waals surface area contributed by atoms with Crippen molar-refractivity contribution < 1.29 is 14.9 Å². The van der Waals surface area contributed by atoms with Crippen LogP contribution < -0.4 is 4.74 Å². The van der Waals surface area contributed by atoms with Gasteiger partial charge in [-0.25, -0.2) is 14.6 Å². The maximum Gasteiger partial charge on any atom is 0.162 e. The smallest absolute Gasteiger partial charge is 0.162 e. The Morgan fingerprint density at radius 2 is 2.00 bits per heavy atom. The summed E-state index contributed by atoms with van der Waals surface area (Å²) in [6.45, 7) is 3.59. The molecule has 3 heterocycles. The number of imidazole rings is 1. The van der Waals surface area contributed by atoms with Crippen LogP contribution in [0.4, 0.5) is 0 Å². The summed E-state index contributed by atoms with van der Waals surface area (Å²) < 4.78 is 9.30. The molecule has 1 atom stereocenters. The minimum Gasteiger partial charge on any atom is -0.491 e. The molecule has 1 aromatic heterocycles. The van der Waals surface area contributed by atoms with Gasteiger partial charge < -0.3 is 14.9 Å². The molecule has 5 rings (SSSR count). The fourth-order valence-electron chi connectivity index (χ4n) is 3.20. The van der Waals surface area contributed by atoms with Gasteiger partial charge in [0.15, 0.2) is 5.01 Å². The van der Waals surface area contributed by atoms with Crippen LogP contribution >= 0.6 is 11.5 Å². The molecule has 0 radical (unpaired) electrons. The molecule has 1 fully saturated rings. The highest BCUT2D eigenvalue weighted by molar-refractivity contribution is 7.10. The Balaban J connectivity index is 1.37. The molecule has 2 aliphatic heterocycles. The van der Waals surface area contributed by atoms with Crippen molar-refractivity contribution in [3.63, 3.8) is 0 Å². The largest absolute Gasteiger partial charge is 0.491 e. The summed E-state index contributed by atoms with van der Waals surface area (Å²) in [7, 11) is 0. The van der Waals surface area contributed by atoms with Gasteiger partial charge in [0.1, 0.15) is 36.2 Å². The van der Waals surface area contributed by atoms with Gasteiger partial charge in [0.05, 0.1) is 23.2 Å². The molecule has 9 nitrogen and oxygen atoms in total. The number of fused-ring (bicyclic) bond motifs is 1. The molecule has 1 unspecified atom stereocenters. The lowest BCUT2D eigenvalue weighted by Crippen LogP contribution is -2.27. The van der Waals surface area contributed by atoms with Crippen LogP contribution in [0.1, 0.15) is 50.2 Å². The predicted molar refractivity (Wildman–Crippen MR) is 110 cm³/mol. The quantitative estimate of drug-likeness (QED) is 0.467. The Kier molecular flexibility index (Phi) is 4.57. The Labute approximate surface area is 177 Å². The van der Waals surface area contributed by atoms with E-state index >= 15 is 0 Å². The van der Waals surface area contributed by atoms with E-state index in [1.54, 1.807) is 24.7 Å². The first-order valence-corrected chi connectivity index (χ1v) is 10.5. The van der Waals surface area contributed by atoms with Crippen LogP contribution in [-0.4, -0.2) is 51.3 Å². The van der Waals surface area contributed by atoms with Crippen LogP contribution in [-0.2, 0) is 0 Å². The Hall–Kier alpha value is -2.82. The van der Waals surface area contributed by atoms with Crippen molar-refractivity contribution >= 4 is 11.5 Å². The lowest BCUT2D eigenvalue weighted by Gasteiger charge is -2.17. The number of hydrogen-bond donors (Lipinski definition) is 2. The van der Waals surface area contributed by atoms with Gasteiger partial charge in [-0.15, -0.1) is 5.10 Å². The Bertz CT molecular complexity index is 1120. The summed E-state index contributed by atoms with van der Waals surface area (Å²) in [4.78, 5) is 8.62. The molecular weight excluding hydrogens is 404 g/mol. The van der Waals surface area contributed by atoms with E-state index in [0.29, 0.717) is 17.5 Å². The topological polar surface area (TPSA) is 111 Å². The first-order chi connectivity index (χ1) is 14.4. The molecule has 1 aromatic carbocycles. The Morgan fingerprint density at radius 1 is 1.23 bits per heavy atom. The van der Waals surface area contributed by atoms with Gasteiger partial charge in [0.25, 0.3) is 0 Å². The fraction of sp³-hybridized carbons (Fsp3) is 0.400. The predicted octanol–water partition coefficient (Wildman–Crippen LogP) is 2.59. The molecular formula is C20H22N6O3S. The van der Waals surface area contributed by atoms with Gasteiger partial charge in [0.2, 0.25) is 0 Å². The second kappa shape index (κ2) is 7.15. The molecule has 1 saturated carbocycles. The molecule has 30 heavy (non-hydrogen) atoms. The maximum atomic E-state index is 11.1. The van der Waals surface area contributed by atoms with Gasteiger partial charge in [-0.05, 0) is 62.5 Å². The summed E-state index contributed by atoms with van der Waals surface area (Å²) >= 11 is 1.53. The van der Waals surface area contributed by atoms with E-state index in [1.165, 1.54) is 17.9 Å². The highest BCUT2D eigenvalue weighted by Gasteiger charge is 2.35. The lowest BCUT2D eigenvalue weighted by molar-refractivity contribution is 0.0285. The van der Waals surface area contributed by atoms with Crippen molar-refractivity contribution in [3.8, 4) is 22.1 Å². The minimum absolute atomic E-state index is 0.201. The van der Waals surface area contributed by atoms with Gasteiger partial charge in [-0.1, -0.05) is 5.21 Å². The highest BCUT2D eigenvalue weighted by Crippen LogP contribution is 2.45. The first-order valence-electron chi connectivity index (χ1n) is 9.77. The van der Waals surface area contributed by atoms with Crippen LogP contribution in [0.15, 0.2) is 36.8 Å². The SMILES string of the molecule is CC(C)(O)COc1ccc(-n2cc(C(O)c3c4ncnc-4sn3C3CC3)nn2)cc1. The van der Waals surface area contributed by atoms with Gasteiger partial charge in [-0.3, -0.25) is 3.96 Å². The summed E-state index contributed by atoms with van der Waals surface area (Å²) in [5.41, 5.74) is 1.80. The van der Waals surface area contributed by atoms with E-state index < -0.39 is 11.7 Å². The van der Waals surface area contributed by atoms with E-state index in [4.69, 9.17) is 4.74 Å². The molecule has 0 spiro atoms. The summed E-state index contributed by atoms with van der Waals surface area (Å²) in [6.07, 6.45) is 4.50. The van der Waals surface area contributed by atoms with Crippen molar-refractivity contribution in [1.82, 2.24) is 28.9 Å². The van der Waals surface area contributed by atoms with E-state index in [9.17, 15) is 10.2 Å². The summed E-state index contributed by atoms with van der Waals surface area (Å²) in [5.74, 6) is 0.655. The molecule has 2 aromatic rings. The first kappa shape index (κ1) is 19.2. The number of rotatable bonds is 7. The zero-order valence-electron chi connectivity index (χ0n) is 16.6. The van der Waals surface area contributed by atoms with Gasteiger partial charge in [-0.2, -0.15) is 0 Å². The number of nitrogens with zero attached hydrogens (tertiary/aromatic N) is 6. The molecule has 1 aliphatic carbocycles. The molecule has 2 N–H and O–H groups in total. The van der Waals surface area contributed by atoms with Crippen LogP contribution in [0.5, 0.6) is 5.75 Å². The van der Waals surface area contributed by atoms with Crippen LogP contribution in [0.2, 0.25) is 0 Å². The third kappa shape index (κ3) is 3.69. The standard InChI is InChI=1S/C20H22N6O3S/c1-20(2,28)10-29-14-7-5-12(6-8-14)25-9-15(23-24-25)18(27)17-16-19(22-11-21-16)30-26(17)13-3-4-13/h5-9,11,13,18,27-28H,3-4,10H2,1-2H3. The number of aliphatic hydroxyl groups excluding tert-OH is 1. The third-order valence-corrected chi connectivity index (χ3v) is 6.01. The van der Waals surface area contributed by atoms with Crippen molar-refractivity contribution in [2.24, 2.45) is 0 Å². The fourth-order valence-corrected chi connectivity index (χ4v) is 4.37. The van der Waals surface area contributed by atoms with Crippen LogP contribution in [0, 0.1) is 0 Å². The molecule has 156 valence electrons. The Morgan fingerprint density at radius 3 is 2.70 bits per heavy atom. The normalized spacial score (nSPS) is 15.6. The van der Waals surface area contributed by atoms with E-state index in [1.807, 2.05) is 24.3 Å². The number of benzene rings is 1. The zero-order valence-corrected chi connectivity index (χ0v) is 17.5. The van der Waals surface area contributed by atoms with Crippen molar-refractivity contribution in [3.05, 3.63) is 48.2 Å². The van der Waals surface area contributed by atoms with Crippen molar-refractivity contribution in [2.45, 2.75) is 44.4 Å². The van der Waals surface area contributed by atoms with Gasteiger partial charge in [0, 0.05) is 6.04 Å². The van der Waals surface area contributed by atoms with E-state index in [0.717, 1.165) is 34.9 Å². The van der Waals surface area contributed by atoms with Crippen LogP contribution in [0.25, 0.3) is 16.4 Å². The average Bonchev–Trinajstić information content (AvgIpc) is 3.13. The molecule has 0 saturated heterocycles. The summed E-state index contributed by atoms with van der Waals surface area (Å²) in [5, 5.41) is 30.0. The molecule has 0 bridgehead atoms. The monoisotopic (exact) mass is 426 g/mol. The molecule has 3 aliphatic rings. The van der Waals surface area contributed by atoms with Crippen molar-refractivity contribution in [1.29, 1.82) is 0 Å². The zero-order chi connectivity index (χ0) is 20.9. The van der Waals surface area contributed by atoms with Gasteiger partial charge >= 0.3 is 0 Å². The van der Waals surface area contributed by atoms with E-state index in [-0.39, 0.29) is 6.61 Å². The van der Waals surface area contributed by atoms with Crippen molar-refractivity contribution in [2.75, 3.05) is 6.61 Å². The molecule has 10 heteroatoms. The second-order valence-electron chi connectivity index (χ2n) is 8.15. The molecule has 0 amide bonds. The lowest BCUT2D eigenvalue weighted by atomic mass is 10.1.